The van der Waals surface area contributed by atoms with Crippen LogP contribution in [-0.2, 0) is 16.0 Å². The van der Waals surface area contributed by atoms with E-state index < -0.39 is 12.0 Å². The number of aryl methyl sites for hydroxylation is 1. The summed E-state index contributed by atoms with van der Waals surface area (Å²) in [5, 5.41) is 11.3. The van der Waals surface area contributed by atoms with Crippen molar-refractivity contribution in [1.29, 1.82) is 0 Å². The fraction of sp³-hybridized carbons (Fsp3) is 0.600. The van der Waals surface area contributed by atoms with Crippen LogP contribution in [0.15, 0.2) is 17.5 Å². The summed E-state index contributed by atoms with van der Waals surface area (Å²) in [6, 6.07) is 3.44. The first kappa shape index (κ1) is 15.0. The van der Waals surface area contributed by atoms with E-state index in [0.29, 0.717) is 13.0 Å². The number of amides is 1. The molecule has 0 bridgehead atoms. The minimum absolute atomic E-state index is 0.0134. The number of nitrogens with zero attached hydrogens (tertiary/aromatic N) is 1. The number of rotatable bonds is 5. The van der Waals surface area contributed by atoms with Crippen molar-refractivity contribution in [2.75, 3.05) is 6.54 Å². The molecule has 1 aliphatic rings. The van der Waals surface area contributed by atoms with Crippen molar-refractivity contribution in [3.8, 4) is 0 Å². The largest absolute Gasteiger partial charge is 0.480 e. The first-order chi connectivity index (χ1) is 9.59. The van der Waals surface area contributed by atoms with Crippen molar-refractivity contribution in [3.05, 3.63) is 22.4 Å². The minimum atomic E-state index is -0.871. The van der Waals surface area contributed by atoms with Crippen LogP contribution in [0.1, 0.15) is 37.5 Å². The number of carboxylic acid groups (broad SMARTS) is 1. The van der Waals surface area contributed by atoms with Crippen LogP contribution >= 0.6 is 11.3 Å². The predicted molar refractivity (Wildman–Crippen MR) is 78.8 cm³/mol. The second-order valence-electron chi connectivity index (χ2n) is 5.42. The predicted octanol–water partition coefficient (Wildman–Crippen LogP) is 2.78. The number of hydrogen-bond donors (Lipinski definition) is 1. The first-order valence-electron chi connectivity index (χ1n) is 7.14. The molecule has 1 aliphatic heterocycles. The molecule has 0 radical (unpaired) electrons. The molecular weight excluding hydrogens is 274 g/mol. The molecular formula is C15H21NO3S. The van der Waals surface area contributed by atoms with Gasteiger partial charge in [0.2, 0.25) is 5.91 Å². The van der Waals surface area contributed by atoms with Crippen LogP contribution in [0.3, 0.4) is 0 Å². The Hall–Kier alpha value is -1.36. The monoisotopic (exact) mass is 295 g/mol. The summed E-state index contributed by atoms with van der Waals surface area (Å²) in [7, 11) is 0. The van der Waals surface area contributed by atoms with E-state index >= 15 is 0 Å². The molecule has 1 amide bonds. The Morgan fingerprint density at radius 2 is 2.30 bits per heavy atom. The molecule has 0 aliphatic carbocycles. The molecule has 0 aromatic carbocycles. The number of carboxylic acids is 1. The van der Waals surface area contributed by atoms with Crippen LogP contribution in [0.2, 0.25) is 0 Å². The number of likely N-dealkylation sites (tertiary alicyclic amines) is 1. The van der Waals surface area contributed by atoms with Crippen LogP contribution in [0.5, 0.6) is 0 Å². The number of piperidine rings is 1. The summed E-state index contributed by atoms with van der Waals surface area (Å²) in [5.74, 6) is -0.841. The molecule has 0 saturated carbocycles. The SMILES string of the molecule is CC1CCCN(C(=O)CCCc2cccs2)C1C(=O)O. The molecule has 1 N–H and O–H groups in total. The van der Waals surface area contributed by atoms with Gasteiger partial charge in [0, 0.05) is 17.8 Å². The van der Waals surface area contributed by atoms with Gasteiger partial charge in [-0.05, 0) is 43.0 Å². The smallest absolute Gasteiger partial charge is 0.326 e. The molecule has 1 fully saturated rings. The van der Waals surface area contributed by atoms with Crippen LogP contribution < -0.4 is 0 Å². The van der Waals surface area contributed by atoms with E-state index in [-0.39, 0.29) is 11.8 Å². The van der Waals surface area contributed by atoms with Crippen molar-refractivity contribution < 1.29 is 14.7 Å². The molecule has 2 heterocycles. The highest BCUT2D eigenvalue weighted by molar-refractivity contribution is 7.09. The Labute approximate surface area is 123 Å². The normalized spacial score (nSPS) is 22.8. The maximum absolute atomic E-state index is 12.3. The lowest BCUT2D eigenvalue weighted by atomic mass is 9.90. The average molecular weight is 295 g/mol. The molecule has 1 aromatic rings. The van der Waals surface area contributed by atoms with E-state index in [4.69, 9.17) is 0 Å². The molecule has 20 heavy (non-hydrogen) atoms. The lowest BCUT2D eigenvalue weighted by Crippen LogP contribution is -2.51. The fourth-order valence-electron chi connectivity index (χ4n) is 2.86. The molecule has 2 unspecified atom stereocenters. The van der Waals surface area contributed by atoms with E-state index in [9.17, 15) is 14.7 Å². The van der Waals surface area contributed by atoms with Gasteiger partial charge in [0.05, 0.1) is 0 Å². The van der Waals surface area contributed by atoms with Gasteiger partial charge in [-0.2, -0.15) is 0 Å². The zero-order valence-corrected chi connectivity index (χ0v) is 12.6. The van der Waals surface area contributed by atoms with E-state index in [2.05, 4.69) is 6.07 Å². The van der Waals surface area contributed by atoms with Gasteiger partial charge in [0.15, 0.2) is 0 Å². The Kier molecular flexibility index (Phi) is 5.17. The van der Waals surface area contributed by atoms with Gasteiger partial charge in [-0.15, -0.1) is 11.3 Å². The number of carbonyl (C=O) groups is 2. The van der Waals surface area contributed by atoms with E-state index in [1.54, 1.807) is 16.2 Å². The first-order valence-corrected chi connectivity index (χ1v) is 8.02. The Morgan fingerprint density at radius 1 is 1.50 bits per heavy atom. The van der Waals surface area contributed by atoms with E-state index in [1.807, 2.05) is 18.4 Å². The summed E-state index contributed by atoms with van der Waals surface area (Å²) in [6.45, 7) is 2.50. The van der Waals surface area contributed by atoms with E-state index in [0.717, 1.165) is 25.7 Å². The van der Waals surface area contributed by atoms with Gasteiger partial charge in [-0.3, -0.25) is 4.79 Å². The van der Waals surface area contributed by atoms with Gasteiger partial charge in [0.1, 0.15) is 6.04 Å². The highest BCUT2D eigenvalue weighted by atomic mass is 32.1. The highest BCUT2D eigenvalue weighted by Crippen LogP contribution is 2.24. The summed E-state index contributed by atoms with van der Waals surface area (Å²) < 4.78 is 0. The van der Waals surface area contributed by atoms with Crippen LogP contribution in [0, 0.1) is 5.92 Å². The average Bonchev–Trinajstić information content (AvgIpc) is 2.91. The van der Waals surface area contributed by atoms with Crippen LogP contribution in [0.4, 0.5) is 0 Å². The molecule has 1 saturated heterocycles. The number of carbonyl (C=O) groups excluding carboxylic acids is 1. The zero-order valence-electron chi connectivity index (χ0n) is 11.7. The number of hydrogen-bond acceptors (Lipinski definition) is 3. The highest BCUT2D eigenvalue weighted by Gasteiger charge is 2.36. The maximum Gasteiger partial charge on any atom is 0.326 e. The van der Waals surface area contributed by atoms with Gasteiger partial charge in [-0.25, -0.2) is 4.79 Å². The van der Waals surface area contributed by atoms with Crippen molar-refractivity contribution >= 4 is 23.2 Å². The summed E-state index contributed by atoms with van der Waals surface area (Å²) in [6.07, 6.45) is 3.91. The second-order valence-corrected chi connectivity index (χ2v) is 6.45. The van der Waals surface area contributed by atoms with Gasteiger partial charge in [0.25, 0.3) is 0 Å². The quantitative estimate of drug-likeness (QED) is 0.908. The molecule has 0 spiro atoms. The van der Waals surface area contributed by atoms with Gasteiger partial charge in [-0.1, -0.05) is 13.0 Å². The lowest BCUT2D eigenvalue weighted by Gasteiger charge is -2.37. The maximum atomic E-state index is 12.3. The van der Waals surface area contributed by atoms with Gasteiger partial charge >= 0.3 is 5.97 Å². The third-order valence-corrected chi connectivity index (χ3v) is 4.84. The minimum Gasteiger partial charge on any atom is -0.480 e. The van der Waals surface area contributed by atoms with E-state index in [1.165, 1.54) is 4.88 Å². The van der Waals surface area contributed by atoms with Crippen molar-refractivity contribution in [3.63, 3.8) is 0 Å². The van der Waals surface area contributed by atoms with Crippen LogP contribution in [0.25, 0.3) is 0 Å². The third kappa shape index (κ3) is 3.60. The molecule has 2 atom stereocenters. The fourth-order valence-corrected chi connectivity index (χ4v) is 3.61. The van der Waals surface area contributed by atoms with Gasteiger partial charge < -0.3 is 10.0 Å². The summed E-state index contributed by atoms with van der Waals surface area (Å²) in [5.41, 5.74) is 0. The topological polar surface area (TPSA) is 57.6 Å². The second kappa shape index (κ2) is 6.88. The van der Waals surface area contributed by atoms with Crippen molar-refractivity contribution in [2.45, 2.75) is 45.1 Å². The summed E-state index contributed by atoms with van der Waals surface area (Å²) in [4.78, 5) is 26.5. The standard InChI is InChI=1S/C15H21NO3S/c1-11-5-3-9-16(14(11)15(18)19)13(17)8-2-6-12-7-4-10-20-12/h4,7,10-11,14H,2-3,5-6,8-9H2,1H3,(H,18,19). The lowest BCUT2D eigenvalue weighted by molar-refractivity contribution is -0.154. The van der Waals surface area contributed by atoms with Crippen molar-refractivity contribution in [1.82, 2.24) is 4.90 Å². The summed E-state index contributed by atoms with van der Waals surface area (Å²) >= 11 is 1.70. The molecule has 110 valence electrons. The molecule has 4 nitrogen and oxygen atoms in total. The third-order valence-electron chi connectivity index (χ3n) is 3.90. The molecule has 2 rings (SSSR count). The van der Waals surface area contributed by atoms with Crippen LogP contribution in [-0.4, -0.2) is 34.5 Å². The number of aliphatic carboxylic acids is 1. The number of thiophene rings is 1. The van der Waals surface area contributed by atoms with Crippen molar-refractivity contribution in [2.24, 2.45) is 5.92 Å². The Morgan fingerprint density at radius 3 is 2.95 bits per heavy atom. The molecule has 5 heteroatoms. The Balaban J connectivity index is 1.88. The Bertz CT molecular complexity index is 458. The molecule has 1 aromatic heterocycles. The zero-order chi connectivity index (χ0) is 14.5.